The Morgan fingerprint density at radius 2 is 1.71 bits per heavy atom. The molecule has 1 atom stereocenters. The lowest BCUT2D eigenvalue weighted by atomic mass is 9.86. The first kappa shape index (κ1) is 15.3. The van der Waals surface area contributed by atoms with Crippen molar-refractivity contribution in [2.24, 2.45) is 0 Å². The van der Waals surface area contributed by atoms with Gasteiger partial charge in [-0.25, -0.2) is 8.78 Å². The molecule has 0 bridgehead atoms. The average Bonchev–Trinajstić information content (AvgIpc) is 2.46. The molecule has 21 heavy (non-hydrogen) atoms. The van der Waals surface area contributed by atoms with Crippen LogP contribution in [0.4, 0.5) is 8.78 Å². The van der Waals surface area contributed by atoms with Gasteiger partial charge in [0, 0.05) is 11.6 Å². The highest BCUT2D eigenvalue weighted by molar-refractivity contribution is 5.46. The molecule has 0 amide bonds. The maximum Gasteiger partial charge on any atom is 0.133 e. The second kappa shape index (κ2) is 5.69. The van der Waals surface area contributed by atoms with E-state index < -0.39 is 17.2 Å². The van der Waals surface area contributed by atoms with Crippen LogP contribution in [-0.2, 0) is 5.60 Å². The summed E-state index contributed by atoms with van der Waals surface area (Å²) in [6, 6.07) is 8.15. The molecule has 0 aliphatic carbocycles. The van der Waals surface area contributed by atoms with Gasteiger partial charge in [-0.15, -0.1) is 0 Å². The average molecular weight is 294 g/mol. The van der Waals surface area contributed by atoms with Crippen LogP contribution in [0.3, 0.4) is 0 Å². The third-order valence-corrected chi connectivity index (χ3v) is 3.38. The zero-order valence-electron chi connectivity index (χ0n) is 12.0. The van der Waals surface area contributed by atoms with E-state index in [1.54, 1.807) is 0 Å². The molecule has 0 aliphatic heterocycles. The van der Waals surface area contributed by atoms with Gasteiger partial charge in [-0.1, -0.05) is 6.07 Å². The third-order valence-electron chi connectivity index (χ3n) is 3.38. The first-order valence-electron chi connectivity index (χ1n) is 6.31. The van der Waals surface area contributed by atoms with E-state index in [4.69, 9.17) is 9.47 Å². The molecule has 1 N–H and O–H groups in total. The highest BCUT2D eigenvalue weighted by atomic mass is 19.1. The molecule has 0 saturated heterocycles. The van der Waals surface area contributed by atoms with Crippen molar-refractivity contribution in [3.05, 3.63) is 59.2 Å². The van der Waals surface area contributed by atoms with Crippen LogP contribution in [0.5, 0.6) is 11.5 Å². The van der Waals surface area contributed by atoms with Gasteiger partial charge in [-0.2, -0.15) is 0 Å². The van der Waals surface area contributed by atoms with Gasteiger partial charge in [0.1, 0.15) is 28.7 Å². The van der Waals surface area contributed by atoms with Crippen molar-refractivity contribution in [3.8, 4) is 11.5 Å². The van der Waals surface area contributed by atoms with Gasteiger partial charge in [0.15, 0.2) is 0 Å². The minimum atomic E-state index is -1.88. The van der Waals surface area contributed by atoms with Crippen molar-refractivity contribution in [2.75, 3.05) is 14.2 Å². The molecular weight excluding hydrogens is 278 g/mol. The zero-order valence-corrected chi connectivity index (χ0v) is 12.0. The van der Waals surface area contributed by atoms with E-state index in [9.17, 15) is 13.9 Å². The fraction of sp³-hybridized carbons (Fsp3) is 0.250. The monoisotopic (exact) mass is 294 g/mol. The van der Waals surface area contributed by atoms with E-state index in [0.717, 1.165) is 6.07 Å². The molecule has 2 rings (SSSR count). The summed E-state index contributed by atoms with van der Waals surface area (Å²) in [4.78, 5) is 0. The fourth-order valence-electron chi connectivity index (χ4n) is 2.30. The Balaban J connectivity index is 2.62. The Morgan fingerprint density at radius 1 is 1.00 bits per heavy atom. The summed E-state index contributed by atoms with van der Waals surface area (Å²) in [5.41, 5.74) is -2.06. The first-order valence-corrected chi connectivity index (χ1v) is 6.31. The highest BCUT2D eigenvalue weighted by Gasteiger charge is 2.34. The van der Waals surface area contributed by atoms with Crippen LogP contribution >= 0.6 is 0 Å². The van der Waals surface area contributed by atoms with E-state index in [1.807, 2.05) is 0 Å². The van der Waals surface area contributed by atoms with Crippen molar-refractivity contribution in [1.29, 1.82) is 0 Å². The Kier molecular flexibility index (Phi) is 4.14. The van der Waals surface area contributed by atoms with Gasteiger partial charge in [-0.05, 0) is 31.2 Å². The van der Waals surface area contributed by atoms with Gasteiger partial charge in [0.25, 0.3) is 0 Å². The lowest BCUT2D eigenvalue weighted by Crippen LogP contribution is -2.26. The standard InChI is InChI=1S/C16H16F2O3/c1-16(19,11-8-7-10(20-2)9-13(11)18)15-12(17)5-4-6-14(15)21-3/h4-9,19H,1-3H3. The zero-order chi connectivity index (χ0) is 15.6. The summed E-state index contributed by atoms with van der Waals surface area (Å²) in [6.45, 7) is 1.32. The lowest BCUT2D eigenvalue weighted by molar-refractivity contribution is 0.0903. The number of rotatable bonds is 4. The predicted octanol–water partition coefficient (Wildman–Crippen LogP) is 3.24. The van der Waals surface area contributed by atoms with E-state index in [-0.39, 0.29) is 16.9 Å². The third kappa shape index (κ3) is 2.69. The van der Waals surface area contributed by atoms with Crippen molar-refractivity contribution in [2.45, 2.75) is 12.5 Å². The molecule has 0 saturated carbocycles. The predicted molar refractivity (Wildman–Crippen MR) is 74.6 cm³/mol. The normalized spacial score (nSPS) is 13.6. The van der Waals surface area contributed by atoms with Gasteiger partial charge >= 0.3 is 0 Å². The second-order valence-electron chi connectivity index (χ2n) is 4.74. The van der Waals surface area contributed by atoms with Gasteiger partial charge in [-0.3, -0.25) is 0 Å². The van der Waals surface area contributed by atoms with Crippen LogP contribution < -0.4 is 9.47 Å². The van der Waals surface area contributed by atoms with Gasteiger partial charge < -0.3 is 14.6 Å². The van der Waals surface area contributed by atoms with Crippen LogP contribution in [0, 0.1) is 11.6 Å². The van der Waals surface area contributed by atoms with Crippen LogP contribution in [0.25, 0.3) is 0 Å². The molecule has 0 radical (unpaired) electrons. The number of hydrogen-bond acceptors (Lipinski definition) is 3. The fourth-order valence-corrected chi connectivity index (χ4v) is 2.30. The maximum atomic E-state index is 14.2. The van der Waals surface area contributed by atoms with E-state index >= 15 is 0 Å². The Bertz CT molecular complexity index is 654. The van der Waals surface area contributed by atoms with Gasteiger partial charge in [0.2, 0.25) is 0 Å². The molecule has 2 aromatic carbocycles. The first-order chi connectivity index (χ1) is 9.91. The molecule has 0 fully saturated rings. The summed E-state index contributed by atoms with van der Waals surface area (Å²) in [5.74, 6) is -0.901. The maximum absolute atomic E-state index is 14.2. The summed E-state index contributed by atoms with van der Waals surface area (Å²) in [6.07, 6.45) is 0. The van der Waals surface area contributed by atoms with Crippen LogP contribution in [0.15, 0.2) is 36.4 Å². The number of hydrogen-bond donors (Lipinski definition) is 1. The second-order valence-corrected chi connectivity index (χ2v) is 4.74. The van der Waals surface area contributed by atoms with E-state index in [0.29, 0.717) is 5.75 Å². The summed E-state index contributed by atoms with van der Waals surface area (Å²) in [5, 5.41) is 10.7. The number of aliphatic hydroxyl groups is 1. The Labute approximate surface area is 121 Å². The van der Waals surface area contributed by atoms with E-state index in [1.165, 1.54) is 51.5 Å². The van der Waals surface area contributed by atoms with Crippen molar-refractivity contribution < 1.29 is 23.4 Å². The number of halogens is 2. The van der Waals surface area contributed by atoms with Crippen molar-refractivity contribution in [3.63, 3.8) is 0 Å². The number of methoxy groups -OCH3 is 2. The molecule has 5 heteroatoms. The number of ether oxygens (including phenoxy) is 2. The quantitative estimate of drug-likeness (QED) is 0.941. The SMILES string of the molecule is COc1ccc(C(C)(O)c2c(F)cccc2OC)c(F)c1. The Hall–Kier alpha value is -2.14. The van der Waals surface area contributed by atoms with Crippen LogP contribution in [0.1, 0.15) is 18.1 Å². The summed E-state index contributed by atoms with van der Waals surface area (Å²) >= 11 is 0. The molecule has 0 spiro atoms. The highest BCUT2D eigenvalue weighted by Crippen LogP contribution is 2.38. The van der Waals surface area contributed by atoms with E-state index in [2.05, 4.69) is 0 Å². The number of benzene rings is 2. The Morgan fingerprint density at radius 3 is 2.29 bits per heavy atom. The molecule has 0 aliphatic rings. The summed E-state index contributed by atoms with van der Waals surface area (Å²) in [7, 11) is 2.77. The smallest absolute Gasteiger partial charge is 0.133 e. The molecular formula is C16H16F2O3. The molecule has 1 unspecified atom stereocenters. The summed E-state index contributed by atoms with van der Waals surface area (Å²) < 4.78 is 38.3. The van der Waals surface area contributed by atoms with Crippen molar-refractivity contribution in [1.82, 2.24) is 0 Å². The molecule has 112 valence electrons. The largest absolute Gasteiger partial charge is 0.497 e. The minimum Gasteiger partial charge on any atom is -0.497 e. The topological polar surface area (TPSA) is 38.7 Å². The molecule has 0 heterocycles. The lowest BCUT2D eigenvalue weighted by Gasteiger charge is -2.27. The van der Waals surface area contributed by atoms with Gasteiger partial charge in [0.05, 0.1) is 19.8 Å². The van der Waals surface area contributed by atoms with Crippen LogP contribution in [0.2, 0.25) is 0 Å². The minimum absolute atomic E-state index is 0.0632. The van der Waals surface area contributed by atoms with Crippen LogP contribution in [-0.4, -0.2) is 19.3 Å². The molecule has 2 aromatic rings. The molecule has 3 nitrogen and oxygen atoms in total. The molecule has 0 aromatic heterocycles. The van der Waals surface area contributed by atoms with Crippen molar-refractivity contribution >= 4 is 0 Å².